The minimum Gasteiger partial charge on any atom is -0.481 e. The highest BCUT2D eigenvalue weighted by molar-refractivity contribution is 5.67. The van der Waals surface area contributed by atoms with Gasteiger partial charge in [0, 0.05) is 18.0 Å². The number of pyridine rings is 1. The number of carboxylic acids is 1. The molecule has 0 radical (unpaired) electrons. The molecule has 0 amide bonds. The van der Waals surface area contributed by atoms with Crippen LogP contribution in [0.1, 0.15) is 23.7 Å². The first kappa shape index (κ1) is 11.6. The summed E-state index contributed by atoms with van der Waals surface area (Å²) in [6, 6.07) is 1.66. The minimum absolute atomic E-state index is 0.420. The second-order valence-electron chi connectivity index (χ2n) is 3.41. The van der Waals surface area contributed by atoms with Gasteiger partial charge in [-0.25, -0.2) is 0 Å². The first-order valence-electron chi connectivity index (χ1n) is 4.50. The van der Waals surface area contributed by atoms with Crippen LogP contribution >= 0.6 is 0 Å². The van der Waals surface area contributed by atoms with Crippen LogP contribution in [0.3, 0.4) is 0 Å². The van der Waals surface area contributed by atoms with E-state index in [1.807, 2.05) is 0 Å². The Morgan fingerprint density at radius 2 is 2.13 bits per heavy atom. The van der Waals surface area contributed by atoms with Crippen molar-refractivity contribution in [3.63, 3.8) is 0 Å². The molecule has 0 aliphatic heterocycles. The van der Waals surface area contributed by atoms with Gasteiger partial charge in [-0.15, -0.1) is 0 Å². The molecule has 0 aliphatic carbocycles. The lowest BCUT2D eigenvalue weighted by Gasteiger charge is -2.16. The van der Waals surface area contributed by atoms with Crippen LogP contribution in [-0.2, 0) is 4.79 Å². The molecule has 0 spiro atoms. The van der Waals surface area contributed by atoms with Gasteiger partial charge < -0.3 is 15.3 Å². The van der Waals surface area contributed by atoms with Crippen molar-refractivity contribution in [2.75, 3.05) is 0 Å². The quantitative estimate of drug-likeness (QED) is 0.664. The first-order valence-corrected chi connectivity index (χ1v) is 4.50. The number of nitrogens with zero attached hydrogens (tertiary/aromatic N) is 1. The van der Waals surface area contributed by atoms with Crippen molar-refractivity contribution in [3.05, 3.63) is 29.6 Å². The molecule has 0 saturated carbocycles. The van der Waals surface area contributed by atoms with Crippen LogP contribution in [0.5, 0.6) is 0 Å². The van der Waals surface area contributed by atoms with Crippen LogP contribution < -0.4 is 0 Å². The Hall–Kier alpha value is -1.46. The zero-order chi connectivity index (χ0) is 11.4. The number of aliphatic hydroxyl groups is 2. The number of aliphatic carboxylic acids is 1. The van der Waals surface area contributed by atoms with Gasteiger partial charge in [-0.05, 0) is 12.5 Å². The van der Waals surface area contributed by atoms with Gasteiger partial charge in [0.05, 0.1) is 12.5 Å². The fourth-order valence-corrected chi connectivity index (χ4v) is 1.25. The second kappa shape index (κ2) is 4.86. The Labute approximate surface area is 87.0 Å². The predicted molar refractivity (Wildman–Crippen MR) is 52.2 cm³/mol. The summed E-state index contributed by atoms with van der Waals surface area (Å²) >= 11 is 0. The van der Waals surface area contributed by atoms with Crippen LogP contribution in [-0.4, -0.2) is 32.4 Å². The molecule has 0 saturated heterocycles. The van der Waals surface area contributed by atoms with E-state index in [0.29, 0.717) is 5.56 Å². The van der Waals surface area contributed by atoms with Gasteiger partial charge in [0.25, 0.3) is 0 Å². The van der Waals surface area contributed by atoms with Crippen molar-refractivity contribution in [2.24, 2.45) is 0 Å². The van der Waals surface area contributed by atoms with E-state index in [4.69, 9.17) is 5.11 Å². The average Bonchev–Trinajstić information content (AvgIpc) is 2.15. The molecule has 2 unspecified atom stereocenters. The van der Waals surface area contributed by atoms with Gasteiger partial charge in [0.1, 0.15) is 6.10 Å². The first-order chi connectivity index (χ1) is 7.00. The van der Waals surface area contributed by atoms with E-state index in [1.165, 1.54) is 6.20 Å². The standard InChI is InChI=1S/C10H13NO4/c1-6-2-7(5-11-4-6)10(15)8(12)3-9(13)14/h2,4-5,8,10,12,15H,3H2,1H3,(H,13,14). The SMILES string of the molecule is Cc1cncc(C(O)C(O)CC(=O)O)c1. The molecule has 5 heteroatoms. The summed E-state index contributed by atoms with van der Waals surface area (Å²) in [6.45, 7) is 1.80. The van der Waals surface area contributed by atoms with E-state index in [2.05, 4.69) is 4.98 Å². The number of carbonyl (C=O) groups is 1. The fourth-order valence-electron chi connectivity index (χ4n) is 1.25. The number of aryl methyl sites for hydroxylation is 1. The zero-order valence-electron chi connectivity index (χ0n) is 8.29. The van der Waals surface area contributed by atoms with Gasteiger partial charge in [-0.1, -0.05) is 6.07 Å². The number of carboxylic acid groups (broad SMARTS) is 1. The molecule has 0 bridgehead atoms. The molecule has 15 heavy (non-hydrogen) atoms. The molecule has 0 fully saturated rings. The van der Waals surface area contributed by atoms with E-state index in [1.54, 1.807) is 19.2 Å². The van der Waals surface area contributed by atoms with Crippen LogP contribution in [0.25, 0.3) is 0 Å². The summed E-state index contributed by atoms with van der Waals surface area (Å²) in [5, 5.41) is 27.4. The van der Waals surface area contributed by atoms with Crippen molar-refractivity contribution < 1.29 is 20.1 Å². The van der Waals surface area contributed by atoms with E-state index in [-0.39, 0.29) is 0 Å². The molecule has 5 nitrogen and oxygen atoms in total. The molecular formula is C10H13NO4. The zero-order valence-corrected chi connectivity index (χ0v) is 8.29. The molecule has 1 rings (SSSR count). The molecular weight excluding hydrogens is 198 g/mol. The normalized spacial score (nSPS) is 14.6. The van der Waals surface area contributed by atoms with Crippen molar-refractivity contribution in [1.29, 1.82) is 0 Å². The summed E-state index contributed by atoms with van der Waals surface area (Å²) in [7, 11) is 0. The molecule has 0 aromatic carbocycles. The third-order valence-corrected chi connectivity index (χ3v) is 1.99. The van der Waals surface area contributed by atoms with Crippen LogP contribution in [0.15, 0.2) is 18.5 Å². The minimum atomic E-state index is -1.31. The molecule has 3 N–H and O–H groups in total. The summed E-state index contributed by atoms with van der Waals surface area (Å²) in [5.74, 6) is -1.15. The van der Waals surface area contributed by atoms with Gasteiger partial charge in [-0.2, -0.15) is 0 Å². The fraction of sp³-hybridized carbons (Fsp3) is 0.400. The second-order valence-corrected chi connectivity index (χ2v) is 3.41. The molecule has 82 valence electrons. The third kappa shape index (κ3) is 3.30. The van der Waals surface area contributed by atoms with E-state index >= 15 is 0 Å². The maximum atomic E-state index is 10.3. The van der Waals surface area contributed by atoms with E-state index < -0.39 is 24.6 Å². The molecule has 1 heterocycles. The van der Waals surface area contributed by atoms with Crippen molar-refractivity contribution in [1.82, 2.24) is 4.98 Å². The molecule has 2 atom stereocenters. The summed E-state index contributed by atoms with van der Waals surface area (Å²) in [6.07, 6.45) is -0.00271. The van der Waals surface area contributed by atoms with Gasteiger partial charge >= 0.3 is 5.97 Å². The highest BCUT2D eigenvalue weighted by Crippen LogP contribution is 2.18. The number of rotatable bonds is 4. The Kier molecular flexibility index (Phi) is 3.76. The Bertz CT molecular complexity index is 353. The average molecular weight is 211 g/mol. The predicted octanol–water partition coefficient (Wildman–Crippen LogP) is 0.259. The Balaban J connectivity index is 2.75. The van der Waals surface area contributed by atoms with E-state index in [9.17, 15) is 15.0 Å². The monoisotopic (exact) mass is 211 g/mol. The highest BCUT2D eigenvalue weighted by atomic mass is 16.4. The van der Waals surface area contributed by atoms with Gasteiger partial charge in [0.2, 0.25) is 0 Å². The number of aromatic nitrogens is 1. The molecule has 1 aromatic rings. The Morgan fingerprint density at radius 1 is 1.47 bits per heavy atom. The number of hydrogen-bond donors (Lipinski definition) is 3. The van der Waals surface area contributed by atoms with Crippen molar-refractivity contribution in [3.8, 4) is 0 Å². The number of hydrogen-bond acceptors (Lipinski definition) is 4. The topological polar surface area (TPSA) is 90.7 Å². The summed E-state index contributed by atoms with van der Waals surface area (Å²) in [4.78, 5) is 14.2. The summed E-state index contributed by atoms with van der Waals surface area (Å²) in [5.41, 5.74) is 1.26. The number of aliphatic hydroxyl groups excluding tert-OH is 2. The van der Waals surface area contributed by atoms with E-state index in [0.717, 1.165) is 5.56 Å². The lowest BCUT2D eigenvalue weighted by Crippen LogP contribution is -2.21. The van der Waals surface area contributed by atoms with Crippen molar-refractivity contribution in [2.45, 2.75) is 25.6 Å². The maximum absolute atomic E-state index is 10.3. The highest BCUT2D eigenvalue weighted by Gasteiger charge is 2.21. The van der Waals surface area contributed by atoms with Crippen molar-refractivity contribution >= 4 is 5.97 Å². The molecule has 1 aromatic heterocycles. The van der Waals surface area contributed by atoms with Gasteiger partial charge in [-0.3, -0.25) is 9.78 Å². The Morgan fingerprint density at radius 3 is 2.67 bits per heavy atom. The smallest absolute Gasteiger partial charge is 0.306 e. The lowest BCUT2D eigenvalue weighted by atomic mass is 10.0. The van der Waals surface area contributed by atoms with Gasteiger partial charge in [0.15, 0.2) is 0 Å². The largest absolute Gasteiger partial charge is 0.481 e. The van der Waals surface area contributed by atoms with Crippen LogP contribution in [0.4, 0.5) is 0 Å². The third-order valence-electron chi connectivity index (χ3n) is 1.99. The molecule has 0 aliphatic rings. The summed E-state index contributed by atoms with van der Waals surface area (Å²) < 4.78 is 0. The maximum Gasteiger partial charge on any atom is 0.306 e. The van der Waals surface area contributed by atoms with Crippen LogP contribution in [0.2, 0.25) is 0 Å². The lowest BCUT2D eigenvalue weighted by molar-refractivity contribution is -0.141. The van der Waals surface area contributed by atoms with Crippen LogP contribution in [0, 0.1) is 6.92 Å².